The number of nitrogens with one attached hydrogen (secondary N) is 2. The second-order valence-corrected chi connectivity index (χ2v) is 5.79. The summed E-state index contributed by atoms with van der Waals surface area (Å²) in [5.74, 6) is -0.124. The maximum Gasteiger partial charge on any atom is 0.254 e. The standard InChI is InChI=1S/C17H18N2O2S/c20-16(14-7-4-9-18-17(14)22)19-13-8-10-21-15(11-13)12-5-2-1-3-6-12/h1-7,9,13,15H,8,10-11H2,(H,18,22)(H,19,20)/t13-,15+/m1/s1. The molecule has 1 aliphatic rings. The molecule has 0 unspecified atom stereocenters. The Hall–Kier alpha value is -1.98. The minimum Gasteiger partial charge on any atom is -0.373 e. The molecule has 5 heteroatoms. The number of aromatic nitrogens is 1. The van der Waals surface area contributed by atoms with Gasteiger partial charge in [0, 0.05) is 18.8 Å². The molecule has 2 heterocycles. The molecular weight excluding hydrogens is 296 g/mol. The molecule has 0 aliphatic carbocycles. The first-order valence-electron chi connectivity index (χ1n) is 7.39. The van der Waals surface area contributed by atoms with Crippen molar-refractivity contribution in [3.05, 3.63) is 64.4 Å². The summed E-state index contributed by atoms with van der Waals surface area (Å²) in [7, 11) is 0. The number of hydrogen-bond acceptors (Lipinski definition) is 3. The number of ether oxygens (including phenoxy) is 1. The van der Waals surface area contributed by atoms with E-state index in [4.69, 9.17) is 17.0 Å². The zero-order valence-electron chi connectivity index (χ0n) is 12.1. The maximum atomic E-state index is 12.3. The molecule has 22 heavy (non-hydrogen) atoms. The Balaban J connectivity index is 1.67. The van der Waals surface area contributed by atoms with E-state index in [2.05, 4.69) is 22.4 Å². The van der Waals surface area contributed by atoms with E-state index in [9.17, 15) is 4.79 Å². The van der Waals surface area contributed by atoms with Crippen molar-refractivity contribution in [1.82, 2.24) is 10.3 Å². The number of carbonyl (C=O) groups is 1. The van der Waals surface area contributed by atoms with Gasteiger partial charge in [-0.3, -0.25) is 4.79 Å². The monoisotopic (exact) mass is 314 g/mol. The van der Waals surface area contributed by atoms with E-state index in [0.717, 1.165) is 18.4 Å². The molecule has 2 atom stereocenters. The lowest BCUT2D eigenvalue weighted by Gasteiger charge is -2.30. The van der Waals surface area contributed by atoms with E-state index in [-0.39, 0.29) is 18.1 Å². The predicted molar refractivity (Wildman–Crippen MR) is 87.2 cm³/mol. The van der Waals surface area contributed by atoms with Crippen LogP contribution in [0.5, 0.6) is 0 Å². The van der Waals surface area contributed by atoms with Crippen LogP contribution in [0.25, 0.3) is 0 Å². The Kier molecular flexibility index (Phi) is 4.65. The lowest BCUT2D eigenvalue weighted by molar-refractivity contribution is 0.000900. The lowest BCUT2D eigenvalue weighted by atomic mass is 9.97. The van der Waals surface area contributed by atoms with Crippen molar-refractivity contribution in [1.29, 1.82) is 0 Å². The number of carbonyl (C=O) groups excluding carboxylic acids is 1. The van der Waals surface area contributed by atoms with Crippen molar-refractivity contribution in [3.63, 3.8) is 0 Å². The number of pyridine rings is 1. The average Bonchev–Trinajstić information content (AvgIpc) is 2.56. The van der Waals surface area contributed by atoms with Gasteiger partial charge < -0.3 is 15.0 Å². The topological polar surface area (TPSA) is 54.1 Å². The van der Waals surface area contributed by atoms with Gasteiger partial charge in [-0.05, 0) is 30.5 Å². The third kappa shape index (κ3) is 3.43. The van der Waals surface area contributed by atoms with Crippen LogP contribution < -0.4 is 5.32 Å². The number of hydrogen-bond donors (Lipinski definition) is 2. The van der Waals surface area contributed by atoms with E-state index < -0.39 is 0 Å². The second kappa shape index (κ2) is 6.85. The minimum atomic E-state index is -0.124. The second-order valence-electron chi connectivity index (χ2n) is 5.38. The number of amides is 1. The van der Waals surface area contributed by atoms with Crippen molar-refractivity contribution < 1.29 is 9.53 Å². The average molecular weight is 314 g/mol. The first-order valence-corrected chi connectivity index (χ1v) is 7.80. The lowest BCUT2D eigenvalue weighted by Crippen LogP contribution is -2.40. The van der Waals surface area contributed by atoms with Crippen LogP contribution >= 0.6 is 12.2 Å². The highest BCUT2D eigenvalue weighted by atomic mass is 32.1. The van der Waals surface area contributed by atoms with E-state index in [0.29, 0.717) is 16.8 Å². The quantitative estimate of drug-likeness (QED) is 0.854. The van der Waals surface area contributed by atoms with Gasteiger partial charge in [0.05, 0.1) is 11.7 Å². The Morgan fingerprint density at radius 2 is 2.05 bits per heavy atom. The Labute approximate surface area is 134 Å². The fraction of sp³-hybridized carbons (Fsp3) is 0.294. The molecule has 1 fully saturated rings. The van der Waals surface area contributed by atoms with Gasteiger partial charge in [0.15, 0.2) is 0 Å². The first-order chi connectivity index (χ1) is 10.7. The Bertz CT molecular complexity index is 699. The molecular formula is C17H18N2O2S. The van der Waals surface area contributed by atoms with Crippen LogP contribution in [0.4, 0.5) is 0 Å². The van der Waals surface area contributed by atoms with Gasteiger partial charge in [0.2, 0.25) is 0 Å². The zero-order valence-corrected chi connectivity index (χ0v) is 12.9. The third-order valence-electron chi connectivity index (χ3n) is 3.85. The summed E-state index contributed by atoms with van der Waals surface area (Å²) in [6, 6.07) is 13.7. The molecule has 114 valence electrons. The van der Waals surface area contributed by atoms with E-state index in [1.54, 1.807) is 18.3 Å². The van der Waals surface area contributed by atoms with Gasteiger partial charge in [0.25, 0.3) is 5.91 Å². The summed E-state index contributed by atoms with van der Waals surface area (Å²) in [5, 5.41) is 3.07. The Morgan fingerprint density at radius 1 is 1.23 bits per heavy atom. The van der Waals surface area contributed by atoms with Gasteiger partial charge >= 0.3 is 0 Å². The summed E-state index contributed by atoms with van der Waals surface area (Å²) < 4.78 is 6.29. The number of aromatic amines is 1. The molecule has 1 saturated heterocycles. The molecule has 1 aliphatic heterocycles. The summed E-state index contributed by atoms with van der Waals surface area (Å²) in [5.41, 5.74) is 1.67. The number of benzene rings is 1. The molecule has 0 radical (unpaired) electrons. The van der Waals surface area contributed by atoms with Crippen LogP contribution in [-0.2, 0) is 4.74 Å². The highest BCUT2D eigenvalue weighted by Gasteiger charge is 2.25. The van der Waals surface area contributed by atoms with E-state index in [1.807, 2.05) is 18.2 Å². The molecule has 4 nitrogen and oxygen atoms in total. The molecule has 0 spiro atoms. The Morgan fingerprint density at radius 3 is 2.82 bits per heavy atom. The molecule has 1 aromatic carbocycles. The fourth-order valence-electron chi connectivity index (χ4n) is 2.69. The predicted octanol–water partition coefficient (Wildman–Crippen LogP) is 3.39. The van der Waals surface area contributed by atoms with Crippen LogP contribution in [0.1, 0.15) is 34.9 Å². The molecule has 1 amide bonds. The van der Waals surface area contributed by atoms with Crippen LogP contribution in [0.3, 0.4) is 0 Å². The SMILES string of the molecule is O=C(N[C@@H]1CCO[C@H](c2ccccc2)C1)c1ccc[nH]c1=S. The number of H-pyrrole nitrogens is 1. The first kappa shape index (κ1) is 14.9. The van der Waals surface area contributed by atoms with E-state index in [1.165, 1.54) is 0 Å². The highest BCUT2D eigenvalue weighted by Crippen LogP contribution is 2.28. The molecule has 2 N–H and O–H groups in total. The van der Waals surface area contributed by atoms with Gasteiger partial charge in [-0.2, -0.15) is 0 Å². The summed E-state index contributed by atoms with van der Waals surface area (Å²) >= 11 is 5.15. The molecule has 0 bridgehead atoms. The van der Waals surface area contributed by atoms with Crippen molar-refractivity contribution in [3.8, 4) is 0 Å². The van der Waals surface area contributed by atoms with Gasteiger partial charge in [0.1, 0.15) is 4.64 Å². The maximum absolute atomic E-state index is 12.3. The van der Waals surface area contributed by atoms with Crippen molar-refractivity contribution in [2.75, 3.05) is 6.61 Å². The van der Waals surface area contributed by atoms with E-state index >= 15 is 0 Å². The van der Waals surface area contributed by atoms with Gasteiger partial charge in [-0.1, -0.05) is 42.5 Å². The van der Waals surface area contributed by atoms with Crippen molar-refractivity contribution >= 4 is 18.1 Å². The number of rotatable bonds is 3. The highest BCUT2D eigenvalue weighted by molar-refractivity contribution is 7.71. The summed E-state index contributed by atoms with van der Waals surface area (Å²) in [6.45, 7) is 0.645. The van der Waals surface area contributed by atoms with Crippen LogP contribution in [-0.4, -0.2) is 23.5 Å². The molecule has 2 aromatic rings. The van der Waals surface area contributed by atoms with Crippen LogP contribution in [0.2, 0.25) is 0 Å². The molecule has 3 rings (SSSR count). The van der Waals surface area contributed by atoms with Gasteiger partial charge in [-0.15, -0.1) is 0 Å². The fourth-order valence-corrected chi connectivity index (χ4v) is 2.92. The molecule has 0 saturated carbocycles. The smallest absolute Gasteiger partial charge is 0.254 e. The van der Waals surface area contributed by atoms with Gasteiger partial charge in [-0.25, -0.2) is 0 Å². The summed E-state index contributed by atoms with van der Waals surface area (Å²) in [4.78, 5) is 15.2. The van der Waals surface area contributed by atoms with Crippen molar-refractivity contribution in [2.24, 2.45) is 0 Å². The largest absolute Gasteiger partial charge is 0.373 e. The zero-order chi connectivity index (χ0) is 15.4. The van der Waals surface area contributed by atoms with Crippen molar-refractivity contribution in [2.45, 2.75) is 25.0 Å². The molecule has 1 aromatic heterocycles. The third-order valence-corrected chi connectivity index (χ3v) is 4.19. The minimum absolute atomic E-state index is 0.0329. The van der Waals surface area contributed by atoms with Crippen LogP contribution in [0.15, 0.2) is 48.7 Å². The van der Waals surface area contributed by atoms with Crippen LogP contribution in [0, 0.1) is 4.64 Å². The summed E-state index contributed by atoms with van der Waals surface area (Å²) in [6.07, 6.45) is 3.35. The normalized spacial score (nSPS) is 21.3.